The molecule has 2 aromatic carbocycles. The first kappa shape index (κ1) is 15.8. The zero-order valence-electron chi connectivity index (χ0n) is 11.8. The maximum absolute atomic E-state index is 5.93. The standard InChI is InChI=1S/C17H20N.ClH.Mg/c1-2-13-18(14-16-9-5-3-6-10-16)15-17-11-7-4-8-12-17;;/h3-12H,1-2,13-15H2;1H;/q;;+1/p-1. The Balaban J connectivity index is 1.96. The van der Waals surface area contributed by atoms with Crippen molar-refractivity contribution in [2.24, 2.45) is 0 Å². The van der Waals surface area contributed by atoms with Crippen molar-refractivity contribution in [3.05, 3.63) is 71.8 Å². The van der Waals surface area contributed by atoms with Crippen LogP contribution < -0.4 is 0 Å². The third-order valence-corrected chi connectivity index (χ3v) is 4.93. The van der Waals surface area contributed by atoms with E-state index in [4.69, 9.17) is 9.07 Å². The highest BCUT2D eigenvalue weighted by Crippen LogP contribution is 2.11. The first-order valence-electron chi connectivity index (χ1n) is 7.24. The van der Waals surface area contributed by atoms with Gasteiger partial charge in [0.2, 0.25) is 0 Å². The Morgan fingerprint density at radius 3 is 1.75 bits per heavy atom. The van der Waals surface area contributed by atoms with Gasteiger partial charge in [-0.1, -0.05) is 67.1 Å². The Labute approximate surface area is 135 Å². The average molecular weight is 298 g/mol. The Morgan fingerprint density at radius 2 is 1.30 bits per heavy atom. The molecule has 3 heteroatoms. The number of halogens is 1. The Hall–Kier alpha value is -0.544. The van der Waals surface area contributed by atoms with E-state index in [-0.39, 0.29) is 19.3 Å². The van der Waals surface area contributed by atoms with Gasteiger partial charge in [0.1, 0.15) is 0 Å². The molecule has 0 fully saturated rings. The van der Waals surface area contributed by atoms with Crippen molar-refractivity contribution < 1.29 is 0 Å². The molecule has 0 saturated carbocycles. The molecule has 0 unspecified atom stereocenters. The predicted molar refractivity (Wildman–Crippen MR) is 88.0 cm³/mol. The van der Waals surface area contributed by atoms with E-state index in [1.165, 1.54) is 22.1 Å². The monoisotopic (exact) mass is 297 g/mol. The van der Waals surface area contributed by atoms with Gasteiger partial charge in [-0.15, -0.1) is 4.55 Å². The molecular formula is C17H20ClMgN. The molecule has 102 valence electrons. The van der Waals surface area contributed by atoms with Crippen molar-refractivity contribution in [3.63, 3.8) is 0 Å². The summed E-state index contributed by atoms with van der Waals surface area (Å²) in [6, 6.07) is 21.4. The zero-order chi connectivity index (χ0) is 14.0. The van der Waals surface area contributed by atoms with E-state index in [1.54, 1.807) is 0 Å². The van der Waals surface area contributed by atoms with Crippen LogP contribution in [0, 0.1) is 0 Å². The van der Waals surface area contributed by atoms with Crippen molar-refractivity contribution in [2.75, 3.05) is 6.54 Å². The summed E-state index contributed by atoms with van der Waals surface area (Å²) < 4.78 is 1.22. The van der Waals surface area contributed by atoms with E-state index in [9.17, 15) is 0 Å². The van der Waals surface area contributed by atoms with Crippen LogP contribution >= 0.6 is 9.07 Å². The van der Waals surface area contributed by atoms with Crippen LogP contribution in [0.1, 0.15) is 17.5 Å². The summed E-state index contributed by atoms with van der Waals surface area (Å²) in [5.74, 6) is 0. The number of benzene rings is 2. The quantitative estimate of drug-likeness (QED) is 0.517. The summed E-state index contributed by atoms with van der Waals surface area (Å²) in [6.45, 7) is 3.16. The molecule has 0 aromatic heterocycles. The largest absolute Gasteiger partial charge is 0.501 e. The normalized spacial score (nSPS) is 10.5. The second kappa shape index (κ2) is 9.40. The van der Waals surface area contributed by atoms with E-state index in [0.717, 1.165) is 19.6 Å². The lowest BCUT2D eigenvalue weighted by atomic mass is 10.1. The van der Waals surface area contributed by atoms with Crippen LogP contribution in [0.5, 0.6) is 0 Å². The molecule has 0 amide bonds. The van der Waals surface area contributed by atoms with E-state index in [0.29, 0.717) is 0 Å². The first-order chi connectivity index (χ1) is 9.88. The summed E-state index contributed by atoms with van der Waals surface area (Å²) in [7, 11) is 5.93. The van der Waals surface area contributed by atoms with Gasteiger partial charge in [-0.05, 0) is 17.7 Å². The van der Waals surface area contributed by atoms with Crippen LogP contribution in [0.4, 0.5) is 0 Å². The smallest absolute Gasteiger partial charge is 0.346 e. The van der Waals surface area contributed by atoms with Crippen LogP contribution in [0.25, 0.3) is 0 Å². The number of hydrogen-bond acceptors (Lipinski definition) is 1. The zero-order valence-corrected chi connectivity index (χ0v) is 14.0. The van der Waals surface area contributed by atoms with Gasteiger partial charge >= 0.3 is 19.3 Å². The van der Waals surface area contributed by atoms with E-state index < -0.39 is 0 Å². The third-order valence-electron chi connectivity index (χ3n) is 3.36. The van der Waals surface area contributed by atoms with Gasteiger partial charge in [-0.2, -0.15) is 0 Å². The Kier molecular flexibility index (Phi) is 7.45. The molecule has 20 heavy (non-hydrogen) atoms. The molecule has 0 bridgehead atoms. The molecule has 2 aromatic rings. The van der Waals surface area contributed by atoms with Crippen molar-refractivity contribution in [1.82, 2.24) is 4.90 Å². The summed E-state index contributed by atoms with van der Waals surface area (Å²) >= 11 is -0.324. The molecule has 0 aliphatic rings. The van der Waals surface area contributed by atoms with Gasteiger partial charge < -0.3 is 9.07 Å². The molecule has 0 aliphatic carbocycles. The van der Waals surface area contributed by atoms with Crippen molar-refractivity contribution in [2.45, 2.75) is 24.1 Å². The molecule has 2 rings (SSSR count). The highest BCUT2D eigenvalue weighted by molar-refractivity contribution is 6.93. The average Bonchev–Trinajstić information content (AvgIpc) is 2.49. The molecule has 1 nitrogen and oxygen atoms in total. The minimum absolute atomic E-state index is 0.324. The highest BCUT2D eigenvalue weighted by atomic mass is 35.5. The Bertz CT molecular complexity index is 433. The summed E-state index contributed by atoms with van der Waals surface area (Å²) in [5.41, 5.74) is 2.76. The number of hydrogen-bond donors (Lipinski definition) is 0. The number of rotatable bonds is 8. The van der Waals surface area contributed by atoms with Gasteiger partial charge in [-0.25, -0.2) is 0 Å². The molecule has 0 radical (unpaired) electrons. The third kappa shape index (κ3) is 5.84. The summed E-state index contributed by atoms with van der Waals surface area (Å²) in [5, 5.41) is 0. The van der Waals surface area contributed by atoms with Crippen LogP contribution in [0.3, 0.4) is 0 Å². The molecular weight excluding hydrogens is 278 g/mol. The number of nitrogens with zero attached hydrogens (tertiary/aromatic N) is 1. The molecule has 0 N–H and O–H groups in total. The van der Waals surface area contributed by atoms with Gasteiger partial charge in [0, 0.05) is 13.1 Å². The lowest BCUT2D eigenvalue weighted by molar-refractivity contribution is 0.257. The van der Waals surface area contributed by atoms with Crippen molar-refractivity contribution in [3.8, 4) is 0 Å². The molecule has 0 aliphatic heterocycles. The maximum Gasteiger partial charge on any atom is 0.501 e. The van der Waals surface area contributed by atoms with E-state index in [2.05, 4.69) is 65.6 Å². The molecule has 0 heterocycles. The second-order valence-electron chi connectivity index (χ2n) is 5.08. The molecule has 0 atom stereocenters. The predicted octanol–water partition coefficient (Wildman–Crippen LogP) is 4.36. The highest BCUT2D eigenvalue weighted by Gasteiger charge is 2.07. The fourth-order valence-electron chi connectivity index (χ4n) is 2.33. The van der Waals surface area contributed by atoms with Gasteiger partial charge in [-0.3, -0.25) is 4.90 Å². The van der Waals surface area contributed by atoms with Gasteiger partial charge in [0.25, 0.3) is 0 Å². The van der Waals surface area contributed by atoms with Crippen LogP contribution in [0.2, 0.25) is 4.55 Å². The second-order valence-corrected chi connectivity index (χ2v) is 7.30. The van der Waals surface area contributed by atoms with Crippen molar-refractivity contribution >= 4 is 28.3 Å². The minimum atomic E-state index is -0.324. The SMILES string of the molecule is [Cl][Mg][CH2]CCN(Cc1ccccc1)Cc1ccccc1. The first-order valence-corrected chi connectivity index (χ1v) is 10.4. The van der Waals surface area contributed by atoms with Crippen LogP contribution in [0.15, 0.2) is 60.7 Å². The lowest BCUT2D eigenvalue weighted by Crippen LogP contribution is -2.24. The maximum atomic E-state index is 5.93. The topological polar surface area (TPSA) is 3.24 Å². The van der Waals surface area contributed by atoms with E-state index >= 15 is 0 Å². The van der Waals surface area contributed by atoms with Crippen LogP contribution in [-0.2, 0) is 13.1 Å². The van der Waals surface area contributed by atoms with Gasteiger partial charge in [0.05, 0.1) is 0 Å². The molecule has 0 saturated heterocycles. The van der Waals surface area contributed by atoms with Gasteiger partial charge in [0.15, 0.2) is 0 Å². The van der Waals surface area contributed by atoms with E-state index in [1.807, 2.05) is 0 Å². The lowest BCUT2D eigenvalue weighted by Gasteiger charge is -2.22. The Morgan fingerprint density at radius 1 is 0.800 bits per heavy atom. The summed E-state index contributed by atoms with van der Waals surface area (Å²) in [4.78, 5) is 2.52. The summed E-state index contributed by atoms with van der Waals surface area (Å²) in [6.07, 6.45) is 1.22. The minimum Gasteiger partial charge on any atom is -0.346 e. The fraction of sp³-hybridized carbons (Fsp3) is 0.294. The fourth-order valence-corrected chi connectivity index (χ4v) is 3.31. The van der Waals surface area contributed by atoms with Crippen LogP contribution in [-0.4, -0.2) is 30.7 Å². The molecule has 0 spiro atoms. The van der Waals surface area contributed by atoms with Crippen molar-refractivity contribution in [1.29, 1.82) is 0 Å².